The number of rotatable bonds is 7. The zero-order valence-corrected chi connectivity index (χ0v) is 12.2. The second kappa shape index (κ2) is 7.38. The normalized spacial score (nSPS) is 10.2. The molecule has 0 spiro atoms. The van der Waals surface area contributed by atoms with Gasteiger partial charge in [0.05, 0.1) is 7.11 Å². The first-order valence-corrected chi connectivity index (χ1v) is 6.93. The van der Waals surface area contributed by atoms with Gasteiger partial charge in [-0.05, 0) is 24.6 Å². The monoisotopic (exact) mass is 289 g/mol. The molecule has 0 aliphatic carbocycles. The second-order valence-electron chi connectivity index (χ2n) is 4.48. The Morgan fingerprint density at radius 1 is 1.19 bits per heavy atom. The van der Waals surface area contributed by atoms with Gasteiger partial charge in [-0.15, -0.1) is 0 Å². The largest absolute Gasteiger partial charge is 0.493 e. The molecule has 2 rings (SSSR count). The van der Waals surface area contributed by atoms with Crippen molar-refractivity contribution in [3.8, 4) is 17.4 Å². The van der Waals surface area contributed by atoms with Crippen LogP contribution in [0.25, 0.3) is 0 Å². The fourth-order valence-electron chi connectivity index (χ4n) is 1.77. The van der Waals surface area contributed by atoms with Gasteiger partial charge in [0.25, 0.3) is 11.9 Å². The number of benzene rings is 1. The van der Waals surface area contributed by atoms with E-state index in [0.717, 1.165) is 12.8 Å². The number of nitrogens with one attached hydrogen (secondary N) is 1. The average molecular weight is 289 g/mol. The Balaban J connectivity index is 2.01. The minimum absolute atomic E-state index is 0.232. The van der Waals surface area contributed by atoms with Crippen molar-refractivity contribution in [1.29, 1.82) is 0 Å². The summed E-state index contributed by atoms with van der Waals surface area (Å²) < 4.78 is 16.2. The molecule has 1 N–H and O–H groups in total. The predicted octanol–water partition coefficient (Wildman–Crippen LogP) is 3.61. The van der Waals surface area contributed by atoms with Gasteiger partial charge in [0.2, 0.25) is 0 Å². The van der Waals surface area contributed by atoms with Crippen molar-refractivity contribution in [2.45, 2.75) is 19.8 Å². The van der Waals surface area contributed by atoms with E-state index in [1.165, 1.54) is 0 Å². The summed E-state index contributed by atoms with van der Waals surface area (Å²) >= 11 is 0. The SMILES string of the molecule is CCCCNC(=O)c1ccc(Oc2ccccc2OC)o1. The summed E-state index contributed by atoms with van der Waals surface area (Å²) in [5.41, 5.74) is 0. The van der Waals surface area contributed by atoms with Crippen LogP contribution in [-0.2, 0) is 0 Å². The van der Waals surface area contributed by atoms with Gasteiger partial charge in [-0.25, -0.2) is 0 Å². The van der Waals surface area contributed by atoms with Gasteiger partial charge in [-0.2, -0.15) is 0 Å². The highest BCUT2D eigenvalue weighted by Gasteiger charge is 2.13. The van der Waals surface area contributed by atoms with E-state index in [0.29, 0.717) is 18.0 Å². The van der Waals surface area contributed by atoms with Crippen molar-refractivity contribution in [2.24, 2.45) is 0 Å². The third kappa shape index (κ3) is 4.02. The first-order valence-electron chi connectivity index (χ1n) is 6.93. The van der Waals surface area contributed by atoms with Crippen LogP contribution in [0.15, 0.2) is 40.8 Å². The molecular formula is C16H19NO4. The summed E-state index contributed by atoms with van der Waals surface area (Å²) in [4.78, 5) is 11.8. The van der Waals surface area contributed by atoms with E-state index in [1.807, 2.05) is 12.1 Å². The van der Waals surface area contributed by atoms with Crippen LogP contribution in [0.4, 0.5) is 0 Å². The molecule has 0 radical (unpaired) electrons. The lowest BCUT2D eigenvalue weighted by molar-refractivity contribution is 0.0920. The van der Waals surface area contributed by atoms with Crippen molar-refractivity contribution < 1.29 is 18.7 Å². The Morgan fingerprint density at radius 2 is 1.95 bits per heavy atom. The van der Waals surface area contributed by atoms with Crippen LogP contribution in [-0.4, -0.2) is 19.6 Å². The maximum Gasteiger partial charge on any atom is 0.290 e. The molecule has 112 valence electrons. The van der Waals surface area contributed by atoms with Crippen LogP contribution in [0.2, 0.25) is 0 Å². The standard InChI is InChI=1S/C16H19NO4/c1-3-4-11-17-16(18)14-9-10-15(21-14)20-13-8-6-5-7-12(13)19-2/h5-10H,3-4,11H2,1-2H3,(H,17,18). The molecular weight excluding hydrogens is 270 g/mol. The Morgan fingerprint density at radius 3 is 2.67 bits per heavy atom. The molecule has 0 saturated heterocycles. The Kier molecular flexibility index (Phi) is 5.26. The van der Waals surface area contributed by atoms with Gasteiger partial charge < -0.3 is 19.2 Å². The fraction of sp³-hybridized carbons (Fsp3) is 0.312. The third-order valence-electron chi connectivity index (χ3n) is 2.90. The lowest BCUT2D eigenvalue weighted by Crippen LogP contribution is -2.23. The average Bonchev–Trinajstić information content (AvgIpc) is 2.96. The van der Waals surface area contributed by atoms with E-state index in [4.69, 9.17) is 13.9 Å². The molecule has 0 bridgehead atoms. The van der Waals surface area contributed by atoms with Crippen molar-refractivity contribution >= 4 is 5.91 Å². The summed E-state index contributed by atoms with van der Waals surface area (Å²) in [6, 6.07) is 10.4. The van der Waals surface area contributed by atoms with Crippen molar-refractivity contribution in [2.75, 3.05) is 13.7 Å². The van der Waals surface area contributed by atoms with Crippen LogP contribution in [0, 0.1) is 0 Å². The highest BCUT2D eigenvalue weighted by Crippen LogP contribution is 2.31. The maximum atomic E-state index is 11.8. The number of methoxy groups -OCH3 is 1. The third-order valence-corrected chi connectivity index (χ3v) is 2.90. The zero-order chi connectivity index (χ0) is 15.1. The number of hydrogen-bond acceptors (Lipinski definition) is 4. The smallest absolute Gasteiger partial charge is 0.290 e. The molecule has 5 heteroatoms. The van der Waals surface area contributed by atoms with Crippen molar-refractivity contribution in [3.05, 3.63) is 42.2 Å². The summed E-state index contributed by atoms with van der Waals surface area (Å²) in [6.07, 6.45) is 1.97. The summed E-state index contributed by atoms with van der Waals surface area (Å²) in [5.74, 6) is 1.38. The molecule has 1 heterocycles. The summed E-state index contributed by atoms with van der Waals surface area (Å²) in [6.45, 7) is 2.71. The molecule has 0 fully saturated rings. The number of ether oxygens (including phenoxy) is 2. The van der Waals surface area contributed by atoms with Gasteiger partial charge >= 0.3 is 0 Å². The minimum atomic E-state index is -0.238. The number of furan rings is 1. The molecule has 1 amide bonds. The molecule has 1 aromatic heterocycles. The van der Waals surface area contributed by atoms with E-state index < -0.39 is 0 Å². The van der Waals surface area contributed by atoms with E-state index in [9.17, 15) is 4.79 Å². The van der Waals surface area contributed by atoms with Gasteiger partial charge in [0.15, 0.2) is 17.3 Å². The predicted molar refractivity (Wildman–Crippen MR) is 79.0 cm³/mol. The Labute approximate surface area is 123 Å². The number of hydrogen-bond donors (Lipinski definition) is 1. The first kappa shape index (κ1) is 15.0. The van der Waals surface area contributed by atoms with Crippen LogP contribution in [0.1, 0.15) is 30.3 Å². The number of unbranched alkanes of at least 4 members (excludes halogenated alkanes) is 1. The molecule has 5 nitrogen and oxygen atoms in total. The molecule has 0 unspecified atom stereocenters. The number of amides is 1. The van der Waals surface area contributed by atoms with Crippen LogP contribution < -0.4 is 14.8 Å². The lowest BCUT2D eigenvalue weighted by Gasteiger charge is -2.07. The van der Waals surface area contributed by atoms with Gasteiger partial charge in [0, 0.05) is 12.6 Å². The van der Waals surface area contributed by atoms with Crippen LogP contribution in [0.5, 0.6) is 17.4 Å². The molecule has 21 heavy (non-hydrogen) atoms. The quantitative estimate of drug-likeness (QED) is 0.791. The van der Waals surface area contributed by atoms with Crippen molar-refractivity contribution in [1.82, 2.24) is 5.32 Å². The molecule has 0 atom stereocenters. The van der Waals surface area contributed by atoms with E-state index in [-0.39, 0.29) is 17.6 Å². The zero-order valence-electron chi connectivity index (χ0n) is 12.2. The topological polar surface area (TPSA) is 60.7 Å². The Bertz CT molecular complexity index is 591. The minimum Gasteiger partial charge on any atom is -0.493 e. The Hall–Kier alpha value is -2.43. The maximum absolute atomic E-state index is 11.8. The highest BCUT2D eigenvalue weighted by atomic mass is 16.6. The van der Waals surface area contributed by atoms with Crippen LogP contribution >= 0.6 is 0 Å². The fourth-order valence-corrected chi connectivity index (χ4v) is 1.77. The van der Waals surface area contributed by atoms with Gasteiger partial charge in [-0.1, -0.05) is 25.5 Å². The molecule has 0 aliphatic heterocycles. The molecule has 1 aromatic carbocycles. The first-order chi connectivity index (χ1) is 10.2. The summed E-state index contributed by atoms with van der Waals surface area (Å²) in [5, 5.41) is 2.79. The highest BCUT2D eigenvalue weighted by molar-refractivity contribution is 5.91. The lowest BCUT2D eigenvalue weighted by atomic mass is 10.3. The van der Waals surface area contributed by atoms with E-state index >= 15 is 0 Å². The number of para-hydroxylation sites is 2. The van der Waals surface area contributed by atoms with Gasteiger partial charge in [-0.3, -0.25) is 4.79 Å². The second-order valence-corrected chi connectivity index (χ2v) is 4.48. The molecule has 0 saturated carbocycles. The van der Waals surface area contributed by atoms with E-state index in [2.05, 4.69) is 12.2 Å². The van der Waals surface area contributed by atoms with E-state index in [1.54, 1.807) is 31.4 Å². The molecule has 0 aliphatic rings. The van der Waals surface area contributed by atoms with Gasteiger partial charge in [0.1, 0.15) is 0 Å². The number of carbonyl (C=O) groups excluding carboxylic acids is 1. The van der Waals surface area contributed by atoms with Crippen LogP contribution in [0.3, 0.4) is 0 Å². The number of carbonyl (C=O) groups is 1. The molecule has 2 aromatic rings. The summed E-state index contributed by atoms with van der Waals surface area (Å²) in [7, 11) is 1.57. The van der Waals surface area contributed by atoms with Crippen molar-refractivity contribution in [3.63, 3.8) is 0 Å².